The Balaban J connectivity index is 1.40. The lowest BCUT2D eigenvalue weighted by Crippen LogP contribution is -2.39. The maximum absolute atomic E-state index is 12.9. The molecule has 0 unspecified atom stereocenters. The monoisotopic (exact) mass is 338 g/mol. The zero-order valence-corrected chi connectivity index (χ0v) is 14.2. The Morgan fingerprint density at radius 1 is 1.08 bits per heavy atom. The number of para-hydroxylation sites is 1. The number of benzene rings is 1. The standard InChI is InChI=1S/C20H22N2O3/c23-20(17-2-1-3-18-19(17)25-13-12-24-18)22-10-6-16(7-11-22)14-15-4-8-21-9-5-15/h1-5,8-9,16H,6-7,10-14H2. The van der Waals surface area contributed by atoms with Gasteiger partial charge in [-0.25, -0.2) is 0 Å². The Labute approximate surface area is 147 Å². The quantitative estimate of drug-likeness (QED) is 0.863. The Hall–Kier alpha value is -2.56. The van der Waals surface area contributed by atoms with E-state index in [1.807, 2.05) is 35.5 Å². The van der Waals surface area contributed by atoms with Crippen LogP contribution in [0.3, 0.4) is 0 Å². The average Bonchev–Trinajstić information content (AvgIpc) is 2.68. The van der Waals surface area contributed by atoms with Gasteiger partial charge >= 0.3 is 0 Å². The maximum atomic E-state index is 12.9. The molecule has 0 aliphatic carbocycles. The van der Waals surface area contributed by atoms with Gasteiger partial charge in [-0.3, -0.25) is 9.78 Å². The molecule has 5 nitrogen and oxygen atoms in total. The fraction of sp³-hybridized carbons (Fsp3) is 0.400. The van der Waals surface area contributed by atoms with E-state index in [0.29, 0.717) is 36.2 Å². The summed E-state index contributed by atoms with van der Waals surface area (Å²) in [5.41, 5.74) is 1.94. The molecular weight excluding hydrogens is 316 g/mol. The van der Waals surface area contributed by atoms with Crippen molar-refractivity contribution in [2.24, 2.45) is 5.92 Å². The van der Waals surface area contributed by atoms with Crippen molar-refractivity contribution in [1.82, 2.24) is 9.88 Å². The number of carbonyl (C=O) groups excluding carboxylic acids is 1. The highest BCUT2D eigenvalue weighted by Crippen LogP contribution is 2.35. The third-order valence-corrected chi connectivity index (χ3v) is 4.97. The highest BCUT2D eigenvalue weighted by Gasteiger charge is 2.27. The molecule has 1 saturated heterocycles. The molecule has 130 valence electrons. The van der Waals surface area contributed by atoms with Crippen molar-refractivity contribution < 1.29 is 14.3 Å². The molecule has 2 aliphatic heterocycles. The number of ether oxygens (including phenoxy) is 2. The van der Waals surface area contributed by atoms with Crippen LogP contribution >= 0.6 is 0 Å². The van der Waals surface area contributed by atoms with Crippen LogP contribution in [0.15, 0.2) is 42.7 Å². The van der Waals surface area contributed by atoms with Crippen molar-refractivity contribution >= 4 is 5.91 Å². The number of amides is 1. The van der Waals surface area contributed by atoms with Crippen LogP contribution < -0.4 is 9.47 Å². The van der Waals surface area contributed by atoms with Crippen LogP contribution in [0.1, 0.15) is 28.8 Å². The molecule has 1 aromatic heterocycles. The van der Waals surface area contributed by atoms with Gasteiger partial charge < -0.3 is 14.4 Å². The number of hydrogen-bond acceptors (Lipinski definition) is 4. The average molecular weight is 338 g/mol. The number of nitrogens with zero attached hydrogens (tertiary/aromatic N) is 2. The van der Waals surface area contributed by atoms with E-state index < -0.39 is 0 Å². The minimum absolute atomic E-state index is 0.0460. The van der Waals surface area contributed by atoms with Gasteiger partial charge in [0, 0.05) is 25.5 Å². The second-order valence-electron chi connectivity index (χ2n) is 6.62. The van der Waals surface area contributed by atoms with E-state index in [4.69, 9.17) is 9.47 Å². The van der Waals surface area contributed by atoms with Gasteiger partial charge in [0.25, 0.3) is 5.91 Å². The lowest BCUT2D eigenvalue weighted by atomic mass is 9.90. The van der Waals surface area contributed by atoms with Crippen LogP contribution in [-0.2, 0) is 6.42 Å². The fourth-order valence-electron chi connectivity index (χ4n) is 3.60. The number of hydrogen-bond donors (Lipinski definition) is 0. The molecule has 3 heterocycles. The van der Waals surface area contributed by atoms with Crippen LogP contribution in [-0.4, -0.2) is 42.1 Å². The molecule has 1 fully saturated rings. The minimum Gasteiger partial charge on any atom is -0.486 e. The molecule has 0 bridgehead atoms. The number of piperidine rings is 1. The number of fused-ring (bicyclic) bond motifs is 1. The first-order valence-electron chi connectivity index (χ1n) is 8.88. The van der Waals surface area contributed by atoms with Crippen molar-refractivity contribution in [3.63, 3.8) is 0 Å². The zero-order chi connectivity index (χ0) is 17.1. The Morgan fingerprint density at radius 2 is 1.84 bits per heavy atom. The molecule has 25 heavy (non-hydrogen) atoms. The van der Waals surface area contributed by atoms with Gasteiger partial charge in [-0.15, -0.1) is 0 Å². The van der Waals surface area contributed by atoms with Crippen LogP contribution in [0.2, 0.25) is 0 Å². The predicted molar refractivity (Wildman–Crippen MR) is 94.0 cm³/mol. The van der Waals surface area contributed by atoms with Crippen molar-refractivity contribution in [3.8, 4) is 11.5 Å². The minimum atomic E-state index is 0.0460. The largest absolute Gasteiger partial charge is 0.486 e. The SMILES string of the molecule is O=C(c1cccc2c1OCCO2)N1CCC(Cc2ccncc2)CC1. The van der Waals surface area contributed by atoms with Crippen LogP contribution in [0.5, 0.6) is 11.5 Å². The van der Waals surface area contributed by atoms with E-state index in [2.05, 4.69) is 17.1 Å². The summed E-state index contributed by atoms with van der Waals surface area (Å²) in [6, 6.07) is 9.69. The van der Waals surface area contributed by atoms with Gasteiger partial charge in [0.15, 0.2) is 11.5 Å². The second-order valence-corrected chi connectivity index (χ2v) is 6.62. The summed E-state index contributed by atoms with van der Waals surface area (Å²) in [4.78, 5) is 18.9. The van der Waals surface area contributed by atoms with E-state index in [9.17, 15) is 4.79 Å². The van der Waals surface area contributed by atoms with Crippen molar-refractivity contribution in [3.05, 3.63) is 53.9 Å². The molecule has 2 aliphatic rings. The molecular formula is C20H22N2O3. The van der Waals surface area contributed by atoms with E-state index in [1.165, 1.54) is 5.56 Å². The zero-order valence-electron chi connectivity index (χ0n) is 14.2. The van der Waals surface area contributed by atoms with E-state index in [-0.39, 0.29) is 5.91 Å². The molecule has 5 heteroatoms. The van der Waals surface area contributed by atoms with Crippen LogP contribution in [0, 0.1) is 5.92 Å². The molecule has 1 amide bonds. The van der Waals surface area contributed by atoms with Gasteiger partial charge in [0.2, 0.25) is 0 Å². The van der Waals surface area contributed by atoms with Gasteiger partial charge in [-0.05, 0) is 55.0 Å². The highest BCUT2D eigenvalue weighted by atomic mass is 16.6. The van der Waals surface area contributed by atoms with Crippen LogP contribution in [0.4, 0.5) is 0 Å². The van der Waals surface area contributed by atoms with Crippen molar-refractivity contribution in [1.29, 1.82) is 0 Å². The van der Waals surface area contributed by atoms with Crippen molar-refractivity contribution in [2.75, 3.05) is 26.3 Å². The summed E-state index contributed by atoms with van der Waals surface area (Å²) < 4.78 is 11.3. The first kappa shape index (κ1) is 15.9. The fourth-order valence-corrected chi connectivity index (χ4v) is 3.60. The summed E-state index contributed by atoms with van der Waals surface area (Å²) in [7, 11) is 0. The third-order valence-electron chi connectivity index (χ3n) is 4.97. The molecule has 0 radical (unpaired) electrons. The first-order chi connectivity index (χ1) is 12.3. The lowest BCUT2D eigenvalue weighted by molar-refractivity contribution is 0.0680. The summed E-state index contributed by atoms with van der Waals surface area (Å²) in [5.74, 6) is 1.93. The summed E-state index contributed by atoms with van der Waals surface area (Å²) in [6.07, 6.45) is 6.80. The molecule has 0 atom stereocenters. The normalized spacial score (nSPS) is 17.4. The number of pyridine rings is 1. The molecule has 0 N–H and O–H groups in total. The smallest absolute Gasteiger partial charge is 0.257 e. The topological polar surface area (TPSA) is 51.7 Å². The van der Waals surface area contributed by atoms with E-state index >= 15 is 0 Å². The Bertz CT molecular complexity index is 740. The maximum Gasteiger partial charge on any atom is 0.257 e. The Morgan fingerprint density at radius 3 is 2.64 bits per heavy atom. The summed E-state index contributed by atoms with van der Waals surface area (Å²) >= 11 is 0. The van der Waals surface area contributed by atoms with Gasteiger partial charge in [-0.2, -0.15) is 0 Å². The number of aromatic nitrogens is 1. The molecule has 2 aromatic rings. The van der Waals surface area contributed by atoms with Gasteiger partial charge in [0.05, 0.1) is 5.56 Å². The third kappa shape index (κ3) is 3.45. The molecule has 1 aromatic carbocycles. The number of carbonyl (C=O) groups is 1. The predicted octanol–water partition coefficient (Wildman–Crippen LogP) is 2.95. The van der Waals surface area contributed by atoms with E-state index in [1.54, 1.807) is 0 Å². The summed E-state index contributed by atoms with van der Waals surface area (Å²) in [6.45, 7) is 2.61. The number of likely N-dealkylation sites (tertiary alicyclic amines) is 1. The lowest BCUT2D eigenvalue weighted by Gasteiger charge is -2.33. The van der Waals surface area contributed by atoms with Gasteiger partial charge in [-0.1, -0.05) is 6.07 Å². The number of rotatable bonds is 3. The van der Waals surface area contributed by atoms with Crippen LogP contribution in [0.25, 0.3) is 0 Å². The van der Waals surface area contributed by atoms with Crippen molar-refractivity contribution in [2.45, 2.75) is 19.3 Å². The molecule has 0 spiro atoms. The highest BCUT2D eigenvalue weighted by molar-refractivity contribution is 5.98. The second kappa shape index (κ2) is 7.13. The first-order valence-corrected chi connectivity index (χ1v) is 8.88. The van der Waals surface area contributed by atoms with E-state index in [0.717, 1.165) is 32.4 Å². The molecule has 4 rings (SSSR count). The molecule has 0 saturated carbocycles. The summed E-state index contributed by atoms with van der Waals surface area (Å²) in [5, 5.41) is 0. The Kier molecular flexibility index (Phi) is 4.55. The van der Waals surface area contributed by atoms with Gasteiger partial charge in [0.1, 0.15) is 13.2 Å².